The van der Waals surface area contributed by atoms with Crippen molar-refractivity contribution in [2.24, 2.45) is 0 Å². The van der Waals surface area contributed by atoms with Crippen LogP contribution in [-0.2, 0) is 24.0 Å². The summed E-state index contributed by atoms with van der Waals surface area (Å²) in [6, 6.07) is 5.99. The third kappa shape index (κ3) is 5.11. The number of amides is 1. The predicted molar refractivity (Wildman–Crippen MR) is 116 cm³/mol. The van der Waals surface area contributed by atoms with E-state index in [1.54, 1.807) is 13.1 Å². The van der Waals surface area contributed by atoms with Gasteiger partial charge in [0.25, 0.3) is 5.91 Å². The quantitative estimate of drug-likeness (QED) is 0.477. The minimum absolute atomic E-state index is 0.0570. The highest BCUT2D eigenvalue weighted by Gasteiger charge is 2.39. The Bertz CT molecular complexity index is 1150. The van der Waals surface area contributed by atoms with E-state index in [-0.39, 0.29) is 24.3 Å². The second-order valence-electron chi connectivity index (χ2n) is 8.35. The Balaban J connectivity index is 1.80. The van der Waals surface area contributed by atoms with Crippen molar-refractivity contribution in [2.75, 3.05) is 13.7 Å². The summed E-state index contributed by atoms with van der Waals surface area (Å²) in [6.45, 7) is 2.18. The van der Waals surface area contributed by atoms with E-state index in [0.29, 0.717) is 30.0 Å². The number of aryl methyl sites for hydroxylation is 1. The van der Waals surface area contributed by atoms with Crippen molar-refractivity contribution in [1.82, 2.24) is 19.4 Å². The molecule has 1 amide bonds. The number of aromatic nitrogens is 3. The second-order valence-corrected chi connectivity index (χ2v) is 8.35. The van der Waals surface area contributed by atoms with Crippen molar-refractivity contribution < 1.29 is 27.1 Å². The van der Waals surface area contributed by atoms with E-state index in [0.717, 1.165) is 29.2 Å². The molecule has 1 unspecified atom stereocenters. The number of benzene rings is 1. The lowest BCUT2D eigenvalue weighted by Gasteiger charge is -2.22. The van der Waals surface area contributed by atoms with Gasteiger partial charge in [-0.15, -0.1) is 0 Å². The van der Waals surface area contributed by atoms with Gasteiger partial charge in [-0.3, -0.25) is 14.8 Å². The normalized spacial score (nSPS) is 16.1. The summed E-state index contributed by atoms with van der Waals surface area (Å²) in [5.41, 5.74) is 0.517. The Labute approximate surface area is 194 Å². The van der Waals surface area contributed by atoms with E-state index in [4.69, 9.17) is 4.74 Å². The highest BCUT2D eigenvalue weighted by molar-refractivity contribution is 6.00. The third-order valence-electron chi connectivity index (χ3n) is 5.74. The molecule has 1 saturated heterocycles. The summed E-state index contributed by atoms with van der Waals surface area (Å²) in [4.78, 5) is 23.3. The smallest absolute Gasteiger partial charge is 0.376 e. The average Bonchev–Trinajstić information content (AvgIpc) is 3.43. The van der Waals surface area contributed by atoms with Crippen molar-refractivity contribution in [1.29, 1.82) is 0 Å². The third-order valence-corrected chi connectivity index (χ3v) is 5.74. The van der Waals surface area contributed by atoms with E-state index in [9.17, 15) is 22.4 Å². The molecule has 1 aromatic carbocycles. The first kappa shape index (κ1) is 23.9. The van der Waals surface area contributed by atoms with E-state index < -0.39 is 29.7 Å². The molecule has 0 spiro atoms. The minimum Gasteiger partial charge on any atom is -0.376 e. The number of hydrogen-bond donors (Lipinski definition) is 0. The van der Waals surface area contributed by atoms with Gasteiger partial charge >= 0.3 is 6.18 Å². The molecule has 3 aromatic rings. The van der Waals surface area contributed by atoms with Crippen molar-refractivity contribution in [3.63, 3.8) is 0 Å². The first-order chi connectivity index (χ1) is 16.1. The summed E-state index contributed by atoms with van der Waals surface area (Å²) in [5, 5.41) is 0. The van der Waals surface area contributed by atoms with Crippen LogP contribution in [0.3, 0.4) is 0 Å². The molecular weight excluding hydrogens is 452 g/mol. The first-order valence-corrected chi connectivity index (χ1v) is 10.8. The molecule has 0 bridgehead atoms. The lowest BCUT2D eigenvalue weighted by molar-refractivity contribution is -0.144. The number of nitrogens with zero attached hydrogens (tertiary/aromatic N) is 4. The van der Waals surface area contributed by atoms with Crippen molar-refractivity contribution >= 4 is 5.91 Å². The number of hydrogen-bond acceptors (Lipinski definition) is 4. The fourth-order valence-corrected chi connectivity index (χ4v) is 4.04. The molecule has 10 heteroatoms. The van der Waals surface area contributed by atoms with Crippen LogP contribution >= 0.6 is 0 Å². The van der Waals surface area contributed by atoms with Gasteiger partial charge in [-0.25, -0.2) is 4.39 Å². The molecule has 0 radical (unpaired) electrons. The van der Waals surface area contributed by atoms with Crippen LogP contribution in [0.15, 0.2) is 42.7 Å². The van der Waals surface area contributed by atoms with Crippen LogP contribution in [-0.4, -0.2) is 45.1 Å². The fraction of sp³-hybridized carbons (Fsp3) is 0.375. The first-order valence-electron chi connectivity index (χ1n) is 10.8. The standard InChI is InChI=1S/C24H24F4N4O2/c1-15-11-30-18(12-29-15)13-31(2)23(33)22-20(16-5-7-17(25)8-6-16)10-21(24(26,27)28)32(22)14-19-4-3-9-34-19/h5-8,10-12,19H,3-4,9,13-14H2,1-2H3. The molecule has 180 valence electrons. The Morgan fingerprint density at radius 1 is 1.21 bits per heavy atom. The van der Waals surface area contributed by atoms with Gasteiger partial charge in [-0.1, -0.05) is 12.1 Å². The molecule has 4 rings (SSSR count). The number of rotatable bonds is 6. The molecule has 1 atom stereocenters. The monoisotopic (exact) mass is 476 g/mol. The lowest BCUT2D eigenvalue weighted by atomic mass is 10.0. The molecule has 34 heavy (non-hydrogen) atoms. The van der Waals surface area contributed by atoms with Crippen LogP contribution < -0.4 is 0 Å². The van der Waals surface area contributed by atoms with Crippen LogP contribution in [0.5, 0.6) is 0 Å². The van der Waals surface area contributed by atoms with Crippen molar-refractivity contribution in [3.8, 4) is 11.1 Å². The Kier molecular flexibility index (Phi) is 6.70. The van der Waals surface area contributed by atoms with Gasteiger partial charge in [0.1, 0.15) is 17.2 Å². The molecule has 0 N–H and O–H groups in total. The minimum atomic E-state index is -4.70. The molecule has 1 fully saturated rings. The van der Waals surface area contributed by atoms with Gasteiger partial charge < -0.3 is 14.2 Å². The summed E-state index contributed by atoms with van der Waals surface area (Å²) < 4.78 is 62.3. The maximum absolute atomic E-state index is 14.1. The largest absolute Gasteiger partial charge is 0.431 e. The number of carbonyl (C=O) groups is 1. The maximum atomic E-state index is 14.1. The molecule has 1 aliphatic rings. The summed E-state index contributed by atoms with van der Waals surface area (Å²) in [6.07, 6.45) is -0.717. The average molecular weight is 476 g/mol. The highest BCUT2D eigenvalue weighted by atomic mass is 19.4. The zero-order valence-corrected chi connectivity index (χ0v) is 18.8. The van der Waals surface area contributed by atoms with Crippen LogP contribution in [0.2, 0.25) is 0 Å². The summed E-state index contributed by atoms with van der Waals surface area (Å²) in [5.74, 6) is -1.14. The number of ether oxygens (including phenoxy) is 1. The van der Waals surface area contributed by atoms with Gasteiger partial charge in [-0.05, 0) is 43.5 Å². The van der Waals surface area contributed by atoms with Crippen molar-refractivity contribution in [2.45, 2.75) is 45.1 Å². The molecule has 1 aliphatic heterocycles. The maximum Gasteiger partial charge on any atom is 0.431 e. The number of halogens is 4. The topological polar surface area (TPSA) is 60.2 Å². The summed E-state index contributed by atoms with van der Waals surface area (Å²) in [7, 11) is 1.50. The van der Waals surface area contributed by atoms with Gasteiger partial charge in [0.05, 0.1) is 30.2 Å². The van der Waals surface area contributed by atoms with Gasteiger partial charge in [-0.2, -0.15) is 13.2 Å². The van der Waals surface area contributed by atoms with E-state index >= 15 is 0 Å². The van der Waals surface area contributed by atoms with E-state index in [1.807, 2.05) is 0 Å². The molecule has 3 heterocycles. The Hall–Kier alpha value is -3.27. The Morgan fingerprint density at radius 2 is 1.94 bits per heavy atom. The lowest BCUT2D eigenvalue weighted by Crippen LogP contribution is -2.31. The van der Waals surface area contributed by atoms with Gasteiger partial charge in [0.2, 0.25) is 0 Å². The van der Waals surface area contributed by atoms with Crippen LogP contribution in [0, 0.1) is 12.7 Å². The Morgan fingerprint density at radius 3 is 2.53 bits per heavy atom. The van der Waals surface area contributed by atoms with Gasteiger partial charge in [0.15, 0.2) is 0 Å². The predicted octanol–water partition coefficient (Wildman–Crippen LogP) is 4.86. The highest BCUT2D eigenvalue weighted by Crippen LogP contribution is 2.38. The molecule has 0 saturated carbocycles. The van der Waals surface area contributed by atoms with Crippen LogP contribution in [0.1, 0.15) is 40.4 Å². The molecular formula is C24H24F4N4O2. The fourth-order valence-electron chi connectivity index (χ4n) is 4.04. The zero-order chi connectivity index (χ0) is 24.5. The molecule has 0 aliphatic carbocycles. The second kappa shape index (κ2) is 9.54. The number of carbonyl (C=O) groups excluding carboxylic acids is 1. The molecule has 2 aromatic heterocycles. The van der Waals surface area contributed by atoms with Crippen LogP contribution in [0.4, 0.5) is 17.6 Å². The molecule has 6 nitrogen and oxygen atoms in total. The van der Waals surface area contributed by atoms with Gasteiger partial charge in [0, 0.05) is 32.0 Å². The summed E-state index contributed by atoms with van der Waals surface area (Å²) >= 11 is 0. The van der Waals surface area contributed by atoms with Crippen LogP contribution in [0.25, 0.3) is 11.1 Å². The number of alkyl halides is 3. The SMILES string of the molecule is Cc1cnc(CN(C)C(=O)c2c(-c3ccc(F)cc3)cc(C(F)(F)F)n2CC2CCCO2)cn1. The van der Waals surface area contributed by atoms with E-state index in [2.05, 4.69) is 9.97 Å². The van der Waals surface area contributed by atoms with Crippen molar-refractivity contribution in [3.05, 3.63) is 71.3 Å². The van der Waals surface area contributed by atoms with E-state index in [1.165, 1.54) is 30.3 Å². The zero-order valence-electron chi connectivity index (χ0n) is 18.8.